The van der Waals surface area contributed by atoms with E-state index < -0.39 is 0 Å². The minimum atomic E-state index is -0.187. The van der Waals surface area contributed by atoms with Crippen LogP contribution in [-0.4, -0.2) is 10.2 Å². The molecular formula is C16H12O4. The summed E-state index contributed by atoms with van der Waals surface area (Å²) < 4.78 is 5.72. The number of rotatable bonds is 1. The fourth-order valence-electron chi connectivity index (χ4n) is 2.14. The van der Waals surface area contributed by atoms with Crippen molar-refractivity contribution in [3.63, 3.8) is 0 Å². The zero-order chi connectivity index (χ0) is 14.3. The third kappa shape index (κ3) is 1.91. The zero-order valence-electron chi connectivity index (χ0n) is 10.8. The van der Waals surface area contributed by atoms with E-state index in [9.17, 15) is 15.0 Å². The van der Waals surface area contributed by atoms with Gasteiger partial charge in [0.1, 0.15) is 22.8 Å². The molecule has 0 bridgehead atoms. The highest BCUT2D eigenvalue weighted by atomic mass is 16.3. The number of aryl methyl sites for hydroxylation is 1. The lowest BCUT2D eigenvalue weighted by atomic mass is 10.1. The summed E-state index contributed by atoms with van der Waals surface area (Å²) in [4.78, 5) is 12.1. The van der Waals surface area contributed by atoms with Crippen LogP contribution in [0.3, 0.4) is 0 Å². The highest BCUT2D eigenvalue weighted by molar-refractivity contribution is 5.83. The van der Waals surface area contributed by atoms with Crippen LogP contribution in [0, 0.1) is 6.92 Å². The molecule has 1 aromatic heterocycles. The number of phenols is 2. The number of benzene rings is 2. The van der Waals surface area contributed by atoms with Crippen LogP contribution in [0.15, 0.2) is 51.7 Å². The molecule has 0 aliphatic rings. The highest BCUT2D eigenvalue weighted by Crippen LogP contribution is 2.29. The van der Waals surface area contributed by atoms with Crippen molar-refractivity contribution in [2.75, 3.05) is 0 Å². The number of hydrogen-bond donors (Lipinski definition) is 2. The average Bonchev–Trinajstić information content (AvgIpc) is 2.43. The molecule has 0 saturated carbocycles. The third-order valence-corrected chi connectivity index (χ3v) is 3.25. The Kier molecular flexibility index (Phi) is 2.71. The lowest BCUT2D eigenvalue weighted by Gasteiger charge is -2.06. The standard InChI is InChI=1S/C16H12O4/c1-9-13(18)6-5-12-14(19)8-15(20-16(9)12)10-3-2-4-11(17)7-10/h2-8,17-18H,1H3. The molecule has 20 heavy (non-hydrogen) atoms. The molecule has 0 amide bonds. The smallest absolute Gasteiger partial charge is 0.193 e. The van der Waals surface area contributed by atoms with Gasteiger partial charge < -0.3 is 14.6 Å². The first-order chi connectivity index (χ1) is 9.56. The Labute approximate surface area is 114 Å². The van der Waals surface area contributed by atoms with Crippen LogP contribution in [0.2, 0.25) is 0 Å². The first-order valence-corrected chi connectivity index (χ1v) is 6.12. The first-order valence-electron chi connectivity index (χ1n) is 6.12. The SMILES string of the molecule is Cc1c(O)ccc2c(=O)cc(-c3cccc(O)c3)oc12. The van der Waals surface area contributed by atoms with E-state index in [4.69, 9.17) is 4.42 Å². The molecule has 4 heteroatoms. The van der Waals surface area contributed by atoms with Gasteiger partial charge in [-0.05, 0) is 31.2 Å². The lowest BCUT2D eigenvalue weighted by molar-refractivity contribution is 0.469. The topological polar surface area (TPSA) is 70.7 Å². The van der Waals surface area contributed by atoms with Crippen molar-refractivity contribution in [2.45, 2.75) is 6.92 Å². The van der Waals surface area contributed by atoms with Gasteiger partial charge in [-0.2, -0.15) is 0 Å². The summed E-state index contributed by atoms with van der Waals surface area (Å²) in [7, 11) is 0. The summed E-state index contributed by atoms with van der Waals surface area (Å²) in [5.74, 6) is 0.527. The van der Waals surface area contributed by atoms with Crippen molar-refractivity contribution < 1.29 is 14.6 Å². The molecule has 0 radical (unpaired) electrons. The molecule has 100 valence electrons. The van der Waals surface area contributed by atoms with E-state index in [1.54, 1.807) is 25.1 Å². The van der Waals surface area contributed by atoms with Crippen LogP contribution in [-0.2, 0) is 0 Å². The van der Waals surface area contributed by atoms with Gasteiger partial charge in [-0.25, -0.2) is 0 Å². The van der Waals surface area contributed by atoms with Crippen LogP contribution in [0.4, 0.5) is 0 Å². The Hall–Kier alpha value is -2.75. The van der Waals surface area contributed by atoms with E-state index >= 15 is 0 Å². The van der Waals surface area contributed by atoms with Gasteiger partial charge in [-0.3, -0.25) is 4.79 Å². The molecule has 0 spiro atoms. The molecule has 0 saturated heterocycles. The van der Waals surface area contributed by atoms with Gasteiger partial charge in [0.2, 0.25) is 0 Å². The van der Waals surface area contributed by atoms with Crippen molar-refractivity contribution in [3.8, 4) is 22.8 Å². The summed E-state index contributed by atoms with van der Waals surface area (Å²) in [5, 5.41) is 19.6. The van der Waals surface area contributed by atoms with E-state index in [0.717, 1.165) is 0 Å². The molecule has 4 nitrogen and oxygen atoms in total. The molecule has 2 N–H and O–H groups in total. The van der Waals surface area contributed by atoms with Gasteiger partial charge in [0.25, 0.3) is 0 Å². The van der Waals surface area contributed by atoms with Crippen molar-refractivity contribution in [3.05, 3.63) is 58.3 Å². The Morgan fingerprint density at radius 3 is 2.60 bits per heavy atom. The van der Waals surface area contributed by atoms with Gasteiger partial charge in [-0.1, -0.05) is 12.1 Å². The fraction of sp³-hybridized carbons (Fsp3) is 0.0625. The van der Waals surface area contributed by atoms with E-state index in [2.05, 4.69) is 0 Å². The molecule has 0 unspecified atom stereocenters. The third-order valence-electron chi connectivity index (χ3n) is 3.25. The maximum atomic E-state index is 12.1. The molecule has 0 fully saturated rings. The number of hydrogen-bond acceptors (Lipinski definition) is 4. The van der Waals surface area contributed by atoms with Crippen molar-refractivity contribution in [1.29, 1.82) is 0 Å². The molecule has 1 heterocycles. The fourth-order valence-corrected chi connectivity index (χ4v) is 2.14. The van der Waals surface area contributed by atoms with Crippen LogP contribution in [0.25, 0.3) is 22.3 Å². The Morgan fingerprint density at radius 2 is 1.85 bits per heavy atom. The van der Waals surface area contributed by atoms with Crippen molar-refractivity contribution in [2.24, 2.45) is 0 Å². The largest absolute Gasteiger partial charge is 0.508 e. The predicted molar refractivity (Wildman–Crippen MR) is 76.0 cm³/mol. The Balaban J connectivity index is 2.34. The Morgan fingerprint density at radius 1 is 1.05 bits per heavy atom. The molecule has 2 aromatic carbocycles. The summed E-state index contributed by atoms with van der Waals surface area (Å²) >= 11 is 0. The predicted octanol–water partition coefficient (Wildman–Crippen LogP) is 3.18. The minimum absolute atomic E-state index is 0.0775. The summed E-state index contributed by atoms with van der Waals surface area (Å²) in [6.45, 7) is 1.69. The Bertz CT molecular complexity index is 862. The van der Waals surface area contributed by atoms with Crippen LogP contribution in [0.5, 0.6) is 11.5 Å². The second kappa shape index (κ2) is 4.42. The lowest BCUT2D eigenvalue weighted by Crippen LogP contribution is -2.01. The average molecular weight is 268 g/mol. The highest BCUT2D eigenvalue weighted by Gasteiger charge is 2.11. The van der Waals surface area contributed by atoms with E-state index in [-0.39, 0.29) is 16.9 Å². The summed E-state index contributed by atoms with van der Waals surface area (Å²) in [6.07, 6.45) is 0. The molecular weight excluding hydrogens is 256 g/mol. The normalized spacial score (nSPS) is 10.8. The van der Waals surface area contributed by atoms with E-state index in [1.807, 2.05) is 0 Å². The van der Waals surface area contributed by atoms with Gasteiger partial charge >= 0.3 is 0 Å². The summed E-state index contributed by atoms with van der Waals surface area (Å²) in [6, 6.07) is 10.9. The quantitative estimate of drug-likeness (QED) is 0.711. The number of phenolic OH excluding ortho intramolecular Hbond substituents is 2. The molecule has 0 atom stereocenters. The molecule has 0 aliphatic heterocycles. The second-order valence-electron chi connectivity index (χ2n) is 4.61. The van der Waals surface area contributed by atoms with Crippen molar-refractivity contribution >= 4 is 11.0 Å². The van der Waals surface area contributed by atoms with E-state index in [0.29, 0.717) is 27.9 Å². The first kappa shape index (κ1) is 12.3. The minimum Gasteiger partial charge on any atom is -0.508 e. The van der Waals surface area contributed by atoms with Gasteiger partial charge in [0.15, 0.2) is 5.43 Å². The maximum absolute atomic E-state index is 12.1. The maximum Gasteiger partial charge on any atom is 0.193 e. The van der Waals surface area contributed by atoms with Crippen molar-refractivity contribution in [1.82, 2.24) is 0 Å². The van der Waals surface area contributed by atoms with Gasteiger partial charge in [-0.15, -0.1) is 0 Å². The molecule has 3 aromatic rings. The number of aromatic hydroxyl groups is 2. The summed E-state index contributed by atoms with van der Waals surface area (Å²) in [5.41, 5.74) is 1.29. The second-order valence-corrected chi connectivity index (χ2v) is 4.61. The van der Waals surface area contributed by atoms with Gasteiger partial charge in [0, 0.05) is 17.2 Å². The van der Waals surface area contributed by atoms with E-state index in [1.165, 1.54) is 24.3 Å². The van der Waals surface area contributed by atoms with Crippen LogP contribution >= 0.6 is 0 Å². The zero-order valence-corrected chi connectivity index (χ0v) is 10.8. The van der Waals surface area contributed by atoms with Crippen LogP contribution in [0.1, 0.15) is 5.56 Å². The number of fused-ring (bicyclic) bond motifs is 1. The monoisotopic (exact) mass is 268 g/mol. The van der Waals surface area contributed by atoms with Gasteiger partial charge in [0.05, 0.1) is 5.39 Å². The van der Waals surface area contributed by atoms with Crippen LogP contribution < -0.4 is 5.43 Å². The molecule has 3 rings (SSSR count). The molecule has 0 aliphatic carbocycles.